The fourth-order valence-corrected chi connectivity index (χ4v) is 21.0. The number of imidazole rings is 3. The number of aromatic nitrogens is 6. The summed E-state index contributed by atoms with van der Waals surface area (Å²) >= 11 is 0. The number of hydrogen-bond acceptors (Lipinski definition) is 6. The van der Waals surface area contributed by atoms with Gasteiger partial charge in [-0.2, -0.15) is 0 Å². The van der Waals surface area contributed by atoms with E-state index in [4.69, 9.17) is 15.0 Å². The van der Waals surface area contributed by atoms with Gasteiger partial charge in [-0.15, -0.1) is 0 Å². The molecule has 0 bridgehead atoms. The molecule has 0 aliphatic rings. The fraction of sp³-hybridized carbons (Fsp3) is 0. The van der Waals surface area contributed by atoms with Gasteiger partial charge in [0.2, 0.25) is 0 Å². The molecule has 0 saturated carbocycles. The third kappa shape index (κ3) is 13.1. The lowest BCUT2D eigenvalue weighted by molar-refractivity contribution is 1.19. The third-order valence-corrected chi connectivity index (χ3v) is 26.9. The highest BCUT2D eigenvalue weighted by atomic mass is 16.1. The summed E-state index contributed by atoms with van der Waals surface area (Å²) in [4.78, 5) is 60.2. The first kappa shape index (κ1) is 79.0. The summed E-state index contributed by atoms with van der Waals surface area (Å²) in [5.41, 5.74) is 32.5. The Hall–Kier alpha value is -18.2. The number of pyridine rings is 3. The van der Waals surface area contributed by atoms with Crippen molar-refractivity contribution in [3.8, 4) is 134 Å². The molecule has 6 heterocycles. The zero-order chi connectivity index (χ0) is 89.7. The van der Waals surface area contributed by atoms with Crippen molar-refractivity contribution < 1.29 is 0 Å². The largest absolute Gasteiger partial charge is 0.268 e. The maximum absolute atomic E-state index is 14.8. The summed E-state index contributed by atoms with van der Waals surface area (Å²) < 4.78 is 5.59. The average Bonchev–Trinajstić information content (AvgIpc) is 1.59. The van der Waals surface area contributed by atoms with Crippen molar-refractivity contribution >= 4 is 115 Å². The van der Waals surface area contributed by atoms with Crippen molar-refractivity contribution in [3.05, 3.63) is 504 Å². The summed E-state index contributed by atoms with van der Waals surface area (Å²) in [6.07, 6.45) is 0. The zero-order valence-electron chi connectivity index (χ0n) is 72.9. The standard InChI is InChI=1S/3C42H26N2O/c45-42-34-23-13-22-32-31(27-14-5-1-6-15-27)24-25-33(39(32)34)41-43-36-26-35(28-16-7-2-8-17-28)37(29-18-9-3-10-19-29)38(40(36)44(41)42)30-20-11-4-12-21-30;45-42-34-23-13-22-32-31(27-14-5-1-6-15-27)24-25-33(38(32)34)41-43-39-36(29-18-9-3-10-19-29)26-35(28-16-7-2-8-17-28)37(40(39)44(41)42)30-20-11-4-12-21-30;45-42-34-25-24-31(27-14-5-1-6-15-27)32-22-13-23-33(39(32)34)41-43-36-26-35(28-16-7-2-8-17-28)37(29-18-9-3-10-19-29)38(40(36)44(41)42)30-20-11-4-12-21-30/h3*1-26H. The lowest BCUT2D eigenvalue weighted by Gasteiger charge is -2.18. The summed E-state index contributed by atoms with van der Waals surface area (Å²) in [7, 11) is 0. The summed E-state index contributed by atoms with van der Waals surface area (Å²) in [5.74, 6) is 0. The molecular weight excluding hydrogens is 1650 g/mol. The van der Waals surface area contributed by atoms with E-state index in [0.29, 0.717) is 33.1 Å². The molecule has 0 aliphatic carbocycles. The number of fused-ring (bicyclic) bond motifs is 12. The highest BCUT2D eigenvalue weighted by Gasteiger charge is 2.31. The Labute approximate surface area is 775 Å². The van der Waals surface area contributed by atoms with E-state index in [9.17, 15) is 14.4 Å². The molecule has 0 unspecified atom stereocenters. The molecule has 9 nitrogen and oxygen atoms in total. The molecule has 6 aromatic heterocycles. The molecule has 0 radical (unpaired) electrons. The van der Waals surface area contributed by atoms with Crippen molar-refractivity contribution in [2.45, 2.75) is 0 Å². The highest BCUT2D eigenvalue weighted by Crippen LogP contribution is 2.51. The van der Waals surface area contributed by atoms with Gasteiger partial charge in [-0.1, -0.05) is 425 Å². The van der Waals surface area contributed by atoms with E-state index in [1.54, 1.807) is 0 Å². The Balaban J connectivity index is 0.000000108. The third-order valence-electron chi connectivity index (χ3n) is 26.9. The molecule has 27 aromatic rings. The number of benzene rings is 21. The van der Waals surface area contributed by atoms with Gasteiger partial charge in [0.15, 0.2) is 0 Å². The van der Waals surface area contributed by atoms with E-state index < -0.39 is 0 Å². The van der Waals surface area contributed by atoms with Gasteiger partial charge in [0, 0.05) is 70.7 Å². The minimum Gasteiger partial charge on any atom is -0.268 e. The van der Waals surface area contributed by atoms with Gasteiger partial charge in [0.25, 0.3) is 16.7 Å². The second-order valence-electron chi connectivity index (χ2n) is 34.4. The second-order valence-corrected chi connectivity index (χ2v) is 34.4. The summed E-state index contributed by atoms with van der Waals surface area (Å²) in [5, 5.41) is 11.0. The average molecular weight is 1720 g/mol. The number of hydrogen-bond donors (Lipinski definition) is 0. The van der Waals surface area contributed by atoms with Crippen LogP contribution in [0.4, 0.5) is 0 Å². The molecule has 0 aliphatic heterocycles. The molecule has 0 atom stereocenters. The van der Waals surface area contributed by atoms with Crippen LogP contribution in [0.15, 0.2) is 488 Å². The van der Waals surface area contributed by atoms with Crippen LogP contribution >= 0.6 is 0 Å². The quantitative estimate of drug-likeness (QED) is 0.121. The molecule has 630 valence electrons. The van der Waals surface area contributed by atoms with Crippen LogP contribution in [-0.4, -0.2) is 28.2 Å². The number of nitrogens with zero attached hydrogens (tertiary/aromatic N) is 6. The summed E-state index contributed by atoms with van der Waals surface area (Å²) in [6, 6.07) is 163. The van der Waals surface area contributed by atoms with Crippen LogP contribution in [0.1, 0.15) is 0 Å². The Morgan fingerprint density at radius 3 is 0.696 bits per heavy atom. The number of rotatable bonds is 12. The molecule has 27 rings (SSSR count). The van der Waals surface area contributed by atoms with Crippen molar-refractivity contribution in [1.29, 1.82) is 0 Å². The highest BCUT2D eigenvalue weighted by molar-refractivity contribution is 6.25. The van der Waals surface area contributed by atoms with Crippen LogP contribution in [0.2, 0.25) is 0 Å². The first-order valence-corrected chi connectivity index (χ1v) is 45.6. The van der Waals surface area contributed by atoms with Crippen molar-refractivity contribution in [2.75, 3.05) is 0 Å². The predicted octanol–water partition coefficient (Wildman–Crippen LogP) is 30.8. The first-order valence-electron chi connectivity index (χ1n) is 45.6. The van der Waals surface area contributed by atoms with E-state index >= 15 is 0 Å². The minimum atomic E-state index is -0.0581. The molecule has 0 saturated heterocycles. The molecule has 21 aromatic carbocycles. The van der Waals surface area contributed by atoms with E-state index in [-0.39, 0.29) is 16.7 Å². The molecule has 135 heavy (non-hydrogen) atoms. The van der Waals surface area contributed by atoms with Gasteiger partial charge >= 0.3 is 0 Å². The van der Waals surface area contributed by atoms with E-state index in [0.717, 1.165) is 215 Å². The van der Waals surface area contributed by atoms with E-state index in [1.165, 1.54) is 0 Å². The molecule has 0 N–H and O–H groups in total. The van der Waals surface area contributed by atoms with Gasteiger partial charge in [-0.25, -0.2) is 15.0 Å². The smallest absolute Gasteiger partial charge is 0.264 e. The van der Waals surface area contributed by atoms with E-state index in [2.05, 4.69) is 370 Å². The molecule has 0 spiro atoms. The first-order chi connectivity index (χ1) is 66.8. The maximum Gasteiger partial charge on any atom is 0.264 e. The Bertz CT molecular complexity index is 9160. The van der Waals surface area contributed by atoms with Crippen LogP contribution in [0.25, 0.3) is 248 Å². The Morgan fingerprint density at radius 1 is 0.156 bits per heavy atom. The Kier molecular flexibility index (Phi) is 19.2. The van der Waals surface area contributed by atoms with E-state index in [1.807, 2.05) is 116 Å². The van der Waals surface area contributed by atoms with Gasteiger partial charge in [-0.3, -0.25) is 27.6 Å². The Morgan fingerprint density at radius 2 is 0.378 bits per heavy atom. The monoisotopic (exact) mass is 1720 g/mol. The normalized spacial score (nSPS) is 11.6. The molecule has 0 amide bonds. The second kappa shape index (κ2) is 32.8. The molecule has 0 fully saturated rings. The lowest BCUT2D eigenvalue weighted by Crippen LogP contribution is -2.14. The molecular formula is C126H78N6O3. The maximum atomic E-state index is 14.8. The van der Waals surface area contributed by atoms with Crippen molar-refractivity contribution in [1.82, 2.24) is 28.2 Å². The minimum absolute atomic E-state index is 0.0561. The van der Waals surface area contributed by atoms with Crippen LogP contribution in [0.5, 0.6) is 0 Å². The van der Waals surface area contributed by atoms with Crippen LogP contribution in [0, 0.1) is 0 Å². The topological polar surface area (TPSA) is 103 Å². The van der Waals surface area contributed by atoms with Crippen molar-refractivity contribution in [2.24, 2.45) is 0 Å². The predicted molar refractivity (Wildman–Crippen MR) is 561 cm³/mol. The van der Waals surface area contributed by atoms with Gasteiger partial charge in [0.1, 0.15) is 16.9 Å². The molecule has 9 heteroatoms. The van der Waals surface area contributed by atoms with Gasteiger partial charge in [0.05, 0.1) is 33.1 Å². The lowest BCUT2D eigenvalue weighted by atomic mass is 9.86. The van der Waals surface area contributed by atoms with Crippen LogP contribution < -0.4 is 16.7 Å². The SMILES string of the molecule is O=c1c2ccc(-c3ccccc3)c3cccc(c32)c2nc3cc(-c4ccccc4)c(-c4ccccc4)c(-c4ccccc4)c3n12.O=c1c2cccc3c(-c4ccccc4)ccc(c32)c2nc3c(-c4ccccc4)cc(-c4ccccc4)c(-c4ccccc4)c3n12.O=c1c2cccc3c(-c4ccccc4)ccc(c32)c2nc3cc(-c4ccccc4)c(-c4ccccc4)c(-c4ccccc4)c3n12. The van der Waals surface area contributed by atoms with Crippen LogP contribution in [0.3, 0.4) is 0 Å². The van der Waals surface area contributed by atoms with Gasteiger partial charge < -0.3 is 0 Å². The fourth-order valence-electron chi connectivity index (χ4n) is 21.0. The summed E-state index contributed by atoms with van der Waals surface area (Å²) in [6.45, 7) is 0. The van der Waals surface area contributed by atoms with Crippen molar-refractivity contribution in [3.63, 3.8) is 0 Å². The zero-order valence-corrected chi connectivity index (χ0v) is 72.9. The van der Waals surface area contributed by atoms with Gasteiger partial charge in [-0.05, 0) is 176 Å². The van der Waals surface area contributed by atoms with Crippen LogP contribution in [-0.2, 0) is 0 Å².